The number of hydrogen-bond donors (Lipinski definition) is 0. The van der Waals surface area contributed by atoms with Gasteiger partial charge in [0.25, 0.3) is 0 Å². The van der Waals surface area contributed by atoms with E-state index in [1.54, 1.807) is 7.11 Å². The molecule has 0 aliphatic carbocycles. The second-order valence-electron chi connectivity index (χ2n) is 4.81. The van der Waals surface area contributed by atoms with E-state index < -0.39 is 0 Å². The van der Waals surface area contributed by atoms with Crippen LogP contribution in [-0.2, 0) is 12.8 Å². The molecule has 20 heavy (non-hydrogen) atoms. The fraction of sp³-hybridized carbons (Fsp3) is 0.294. The molecule has 0 aliphatic heterocycles. The third-order valence-electron chi connectivity index (χ3n) is 3.28. The van der Waals surface area contributed by atoms with Crippen LogP contribution in [0.4, 0.5) is 0 Å². The SMILES string of the molecule is COc1ccc(CCC(Br)Cc2ccc(Cl)cc2)cc1. The van der Waals surface area contributed by atoms with Gasteiger partial charge in [-0.3, -0.25) is 0 Å². The van der Waals surface area contributed by atoms with Crippen LogP contribution in [0.25, 0.3) is 0 Å². The Labute approximate surface area is 134 Å². The first-order chi connectivity index (χ1) is 9.67. The summed E-state index contributed by atoms with van der Waals surface area (Å²) in [5.74, 6) is 0.908. The number of rotatable bonds is 6. The summed E-state index contributed by atoms with van der Waals surface area (Å²) in [5.41, 5.74) is 2.65. The van der Waals surface area contributed by atoms with Crippen molar-refractivity contribution in [3.05, 3.63) is 64.7 Å². The van der Waals surface area contributed by atoms with Crippen molar-refractivity contribution < 1.29 is 4.74 Å². The van der Waals surface area contributed by atoms with Gasteiger partial charge in [0.15, 0.2) is 0 Å². The molecule has 1 nitrogen and oxygen atoms in total. The first kappa shape index (κ1) is 15.4. The molecular formula is C17H18BrClO. The van der Waals surface area contributed by atoms with Gasteiger partial charge in [-0.15, -0.1) is 0 Å². The van der Waals surface area contributed by atoms with E-state index in [1.165, 1.54) is 11.1 Å². The summed E-state index contributed by atoms with van der Waals surface area (Å²) in [5, 5.41) is 0.790. The standard InChI is InChI=1S/C17H18BrClO/c1-20-17-10-5-13(6-11-17)2-7-15(18)12-14-3-8-16(19)9-4-14/h3-6,8-11,15H,2,7,12H2,1H3. The highest BCUT2D eigenvalue weighted by molar-refractivity contribution is 9.09. The van der Waals surface area contributed by atoms with Crippen LogP contribution in [0.1, 0.15) is 17.5 Å². The molecule has 2 aromatic carbocycles. The van der Waals surface area contributed by atoms with Gasteiger partial charge in [-0.1, -0.05) is 51.8 Å². The van der Waals surface area contributed by atoms with Gasteiger partial charge in [0, 0.05) is 9.85 Å². The molecular weight excluding hydrogens is 336 g/mol. The van der Waals surface area contributed by atoms with Gasteiger partial charge in [-0.2, -0.15) is 0 Å². The smallest absolute Gasteiger partial charge is 0.118 e. The highest BCUT2D eigenvalue weighted by Crippen LogP contribution is 2.19. The molecule has 0 heterocycles. The molecule has 2 rings (SSSR count). The van der Waals surface area contributed by atoms with Crippen molar-refractivity contribution in [2.45, 2.75) is 24.1 Å². The van der Waals surface area contributed by atoms with Gasteiger partial charge >= 0.3 is 0 Å². The Morgan fingerprint density at radius 3 is 2.20 bits per heavy atom. The zero-order valence-corrected chi connectivity index (χ0v) is 13.8. The van der Waals surface area contributed by atoms with Crippen LogP contribution in [0, 0.1) is 0 Å². The van der Waals surface area contributed by atoms with Crippen molar-refractivity contribution >= 4 is 27.5 Å². The average molecular weight is 354 g/mol. The van der Waals surface area contributed by atoms with E-state index in [1.807, 2.05) is 24.3 Å². The zero-order chi connectivity index (χ0) is 14.4. The number of hydrogen-bond acceptors (Lipinski definition) is 1. The van der Waals surface area contributed by atoms with E-state index in [9.17, 15) is 0 Å². The lowest BCUT2D eigenvalue weighted by molar-refractivity contribution is 0.414. The number of benzene rings is 2. The largest absolute Gasteiger partial charge is 0.497 e. The number of alkyl halides is 1. The molecule has 2 aromatic rings. The maximum Gasteiger partial charge on any atom is 0.118 e. The number of halogens is 2. The van der Waals surface area contributed by atoms with Crippen LogP contribution in [0.15, 0.2) is 48.5 Å². The molecule has 0 spiro atoms. The molecule has 0 radical (unpaired) electrons. The minimum absolute atomic E-state index is 0.478. The van der Waals surface area contributed by atoms with Crippen LogP contribution in [0.2, 0.25) is 5.02 Å². The Hall–Kier alpha value is -0.990. The molecule has 0 saturated heterocycles. The molecule has 0 bridgehead atoms. The monoisotopic (exact) mass is 352 g/mol. The van der Waals surface area contributed by atoms with Crippen molar-refractivity contribution in [2.24, 2.45) is 0 Å². The Kier molecular flexibility index (Phi) is 5.93. The molecule has 0 amide bonds. The zero-order valence-electron chi connectivity index (χ0n) is 11.5. The second-order valence-corrected chi connectivity index (χ2v) is 6.55. The van der Waals surface area contributed by atoms with Crippen molar-refractivity contribution in [2.75, 3.05) is 7.11 Å². The maximum absolute atomic E-state index is 5.89. The van der Waals surface area contributed by atoms with Gasteiger partial charge in [-0.25, -0.2) is 0 Å². The third kappa shape index (κ3) is 4.84. The average Bonchev–Trinajstić information content (AvgIpc) is 2.48. The highest BCUT2D eigenvalue weighted by atomic mass is 79.9. The lowest BCUT2D eigenvalue weighted by Gasteiger charge is -2.10. The van der Waals surface area contributed by atoms with Crippen LogP contribution in [-0.4, -0.2) is 11.9 Å². The van der Waals surface area contributed by atoms with Gasteiger partial charge in [0.1, 0.15) is 5.75 Å². The van der Waals surface area contributed by atoms with Crippen LogP contribution < -0.4 is 4.74 Å². The maximum atomic E-state index is 5.89. The molecule has 3 heteroatoms. The third-order valence-corrected chi connectivity index (χ3v) is 4.31. The van der Waals surface area contributed by atoms with E-state index in [4.69, 9.17) is 16.3 Å². The van der Waals surface area contributed by atoms with Crippen molar-refractivity contribution in [1.82, 2.24) is 0 Å². The van der Waals surface area contributed by atoms with E-state index in [2.05, 4.69) is 40.2 Å². The second kappa shape index (κ2) is 7.70. The summed E-state index contributed by atoms with van der Waals surface area (Å²) < 4.78 is 5.16. The predicted octanol–water partition coefficient (Wildman–Crippen LogP) is 5.29. The summed E-state index contributed by atoms with van der Waals surface area (Å²) in [4.78, 5) is 0.478. The minimum atomic E-state index is 0.478. The quantitative estimate of drug-likeness (QED) is 0.641. The molecule has 0 aromatic heterocycles. The summed E-state index contributed by atoms with van der Waals surface area (Å²) in [6, 6.07) is 16.3. The van der Waals surface area contributed by atoms with Crippen molar-refractivity contribution in [3.63, 3.8) is 0 Å². The molecule has 1 atom stereocenters. The van der Waals surface area contributed by atoms with Crippen LogP contribution in [0.5, 0.6) is 5.75 Å². The van der Waals surface area contributed by atoms with Crippen molar-refractivity contribution in [3.8, 4) is 5.75 Å². The van der Waals surface area contributed by atoms with Gasteiger partial charge in [-0.05, 0) is 54.7 Å². The summed E-state index contributed by atoms with van der Waals surface area (Å²) >= 11 is 9.65. The lowest BCUT2D eigenvalue weighted by Crippen LogP contribution is -2.04. The Morgan fingerprint density at radius 1 is 1.00 bits per heavy atom. The Bertz CT molecular complexity index is 522. The van der Waals surface area contributed by atoms with E-state index in [0.29, 0.717) is 4.83 Å². The number of aryl methyl sites for hydroxylation is 1. The minimum Gasteiger partial charge on any atom is -0.497 e. The molecule has 1 unspecified atom stereocenters. The van der Waals surface area contributed by atoms with E-state index in [0.717, 1.165) is 30.0 Å². The van der Waals surface area contributed by atoms with Crippen LogP contribution in [0.3, 0.4) is 0 Å². The predicted molar refractivity (Wildman–Crippen MR) is 89.2 cm³/mol. The van der Waals surface area contributed by atoms with Gasteiger partial charge in [0.05, 0.1) is 7.11 Å². The fourth-order valence-electron chi connectivity index (χ4n) is 2.09. The summed E-state index contributed by atoms with van der Waals surface area (Å²) in [7, 11) is 1.69. The van der Waals surface area contributed by atoms with E-state index in [-0.39, 0.29) is 0 Å². The summed E-state index contributed by atoms with van der Waals surface area (Å²) in [6.45, 7) is 0. The number of methoxy groups -OCH3 is 1. The first-order valence-electron chi connectivity index (χ1n) is 6.69. The normalized spacial score (nSPS) is 12.2. The molecule has 0 saturated carbocycles. The summed E-state index contributed by atoms with van der Waals surface area (Å²) in [6.07, 6.45) is 3.19. The highest BCUT2D eigenvalue weighted by Gasteiger charge is 2.06. The molecule has 0 fully saturated rings. The van der Waals surface area contributed by atoms with Gasteiger partial charge < -0.3 is 4.74 Å². The van der Waals surface area contributed by atoms with Gasteiger partial charge in [0.2, 0.25) is 0 Å². The Morgan fingerprint density at radius 2 is 1.60 bits per heavy atom. The lowest BCUT2D eigenvalue weighted by atomic mass is 10.0. The first-order valence-corrected chi connectivity index (χ1v) is 7.98. The van der Waals surface area contributed by atoms with Crippen LogP contribution >= 0.6 is 27.5 Å². The molecule has 106 valence electrons. The molecule has 0 aliphatic rings. The topological polar surface area (TPSA) is 9.23 Å². The van der Waals surface area contributed by atoms with Crippen molar-refractivity contribution in [1.29, 1.82) is 0 Å². The fourth-order valence-corrected chi connectivity index (χ4v) is 2.82. The molecule has 0 N–H and O–H groups in total. The number of ether oxygens (including phenoxy) is 1. The Balaban J connectivity index is 1.82. The van der Waals surface area contributed by atoms with E-state index >= 15 is 0 Å².